The van der Waals surface area contributed by atoms with Crippen molar-refractivity contribution in [2.75, 3.05) is 12.3 Å². The first kappa shape index (κ1) is 12.1. The van der Waals surface area contributed by atoms with Gasteiger partial charge in [-0.1, -0.05) is 0 Å². The number of hydrogen-bond donors (Lipinski definition) is 2. The molecule has 0 atom stereocenters. The van der Waals surface area contributed by atoms with Crippen LogP contribution in [0.5, 0.6) is 0 Å². The third kappa shape index (κ3) is 3.93. The molecule has 6 heteroatoms. The van der Waals surface area contributed by atoms with Gasteiger partial charge in [0.05, 0.1) is 5.75 Å². The Balaban J connectivity index is 2.44. The zero-order valence-corrected chi connectivity index (χ0v) is 9.78. The van der Waals surface area contributed by atoms with Crippen LogP contribution in [0.1, 0.15) is 16.6 Å². The summed E-state index contributed by atoms with van der Waals surface area (Å²) in [5.74, 6) is -0.640. The Hall–Kier alpha value is -1.01. The Bertz CT molecular complexity index is 362. The summed E-state index contributed by atoms with van der Waals surface area (Å²) in [6.45, 7) is 2.47. The number of amides is 1. The molecule has 0 aromatic carbocycles. The van der Waals surface area contributed by atoms with Crippen LogP contribution >= 0.6 is 23.1 Å². The highest BCUT2D eigenvalue weighted by Gasteiger charge is 2.08. The minimum atomic E-state index is -0.926. The lowest BCUT2D eigenvalue weighted by Crippen LogP contribution is -2.24. The first-order valence-corrected chi connectivity index (χ1v) is 6.21. The SMILES string of the molecule is CCNC(=O)CSc1csc(C(=O)O)c1. The van der Waals surface area contributed by atoms with Crippen LogP contribution in [0.25, 0.3) is 0 Å². The Morgan fingerprint density at radius 3 is 2.87 bits per heavy atom. The fraction of sp³-hybridized carbons (Fsp3) is 0.333. The normalized spacial score (nSPS) is 9.93. The van der Waals surface area contributed by atoms with E-state index in [1.54, 1.807) is 11.4 Å². The summed E-state index contributed by atoms with van der Waals surface area (Å²) in [6, 6.07) is 1.58. The van der Waals surface area contributed by atoms with Crippen LogP contribution in [0.15, 0.2) is 16.3 Å². The molecule has 0 aliphatic carbocycles. The van der Waals surface area contributed by atoms with E-state index in [0.717, 1.165) is 4.90 Å². The summed E-state index contributed by atoms with van der Waals surface area (Å²) in [6.07, 6.45) is 0. The first-order valence-electron chi connectivity index (χ1n) is 4.34. The van der Waals surface area contributed by atoms with Gasteiger partial charge in [-0.15, -0.1) is 23.1 Å². The van der Waals surface area contributed by atoms with Crippen LogP contribution in [-0.2, 0) is 4.79 Å². The lowest BCUT2D eigenvalue weighted by molar-refractivity contribution is -0.118. The molecule has 0 aliphatic heterocycles. The summed E-state index contributed by atoms with van der Waals surface area (Å²) < 4.78 is 0. The highest BCUT2D eigenvalue weighted by molar-refractivity contribution is 8.00. The number of carbonyl (C=O) groups is 2. The highest BCUT2D eigenvalue weighted by Crippen LogP contribution is 2.24. The summed E-state index contributed by atoms with van der Waals surface area (Å²) in [5.41, 5.74) is 0. The van der Waals surface area contributed by atoms with Gasteiger partial charge >= 0.3 is 5.97 Å². The topological polar surface area (TPSA) is 66.4 Å². The molecule has 0 bridgehead atoms. The van der Waals surface area contributed by atoms with E-state index >= 15 is 0 Å². The lowest BCUT2D eigenvalue weighted by atomic mass is 10.5. The third-order valence-corrected chi connectivity index (χ3v) is 3.57. The van der Waals surface area contributed by atoms with Gasteiger partial charge in [-0.3, -0.25) is 4.79 Å². The molecule has 2 N–H and O–H groups in total. The minimum absolute atomic E-state index is 0.0365. The summed E-state index contributed by atoms with van der Waals surface area (Å²) in [7, 11) is 0. The van der Waals surface area contributed by atoms with E-state index in [1.165, 1.54) is 23.1 Å². The van der Waals surface area contributed by atoms with Gasteiger partial charge in [0.1, 0.15) is 4.88 Å². The van der Waals surface area contributed by atoms with Gasteiger partial charge in [-0.2, -0.15) is 0 Å². The molecule has 1 rings (SSSR count). The molecule has 0 radical (unpaired) electrons. The summed E-state index contributed by atoms with van der Waals surface area (Å²) in [4.78, 5) is 22.8. The van der Waals surface area contributed by atoms with Gasteiger partial charge in [0.25, 0.3) is 0 Å². The molecule has 0 aliphatic rings. The molecule has 82 valence electrons. The Morgan fingerprint density at radius 2 is 2.33 bits per heavy atom. The standard InChI is InChI=1S/C9H11NO3S2/c1-2-10-8(11)5-14-6-3-7(9(12)13)15-4-6/h3-4H,2,5H2,1H3,(H,10,11)(H,12,13). The number of nitrogens with one attached hydrogen (secondary N) is 1. The molecule has 0 fully saturated rings. The van der Waals surface area contributed by atoms with E-state index in [0.29, 0.717) is 17.2 Å². The van der Waals surface area contributed by atoms with Crippen molar-refractivity contribution in [2.45, 2.75) is 11.8 Å². The van der Waals surface area contributed by atoms with Crippen molar-refractivity contribution in [2.24, 2.45) is 0 Å². The Kier molecular flexibility index (Phi) is 4.64. The van der Waals surface area contributed by atoms with Crippen LogP contribution in [0, 0.1) is 0 Å². The molecule has 0 saturated heterocycles. The highest BCUT2D eigenvalue weighted by atomic mass is 32.2. The molecule has 1 aromatic rings. The number of carboxylic acids is 1. The molecule has 0 spiro atoms. The number of carboxylic acid groups (broad SMARTS) is 1. The number of carbonyl (C=O) groups excluding carboxylic acids is 1. The second-order valence-corrected chi connectivity index (χ2v) is 4.65. The molecule has 1 heterocycles. The van der Waals surface area contributed by atoms with Crippen molar-refractivity contribution in [3.8, 4) is 0 Å². The Labute approximate surface area is 95.7 Å². The maximum atomic E-state index is 11.1. The fourth-order valence-corrected chi connectivity index (χ4v) is 2.60. The van der Waals surface area contributed by atoms with Crippen LogP contribution in [0.3, 0.4) is 0 Å². The molecule has 1 aromatic heterocycles. The quantitative estimate of drug-likeness (QED) is 0.774. The first-order chi connectivity index (χ1) is 7.13. The minimum Gasteiger partial charge on any atom is -0.477 e. The molecule has 0 unspecified atom stereocenters. The van der Waals surface area contributed by atoms with Crippen LogP contribution in [0.4, 0.5) is 0 Å². The van der Waals surface area contributed by atoms with Crippen molar-refractivity contribution in [1.29, 1.82) is 0 Å². The monoisotopic (exact) mass is 245 g/mol. The molecule has 15 heavy (non-hydrogen) atoms. The van der Waals surface area contributed by atoms with E-state index in [4.69, 9.17) is 5.11 Å². The zero-order chi connectivity index (χ0) is 11.3. The number of hydrogen-bond acceptors (Lipinski definition) is 4. The maximum absolute atomic E-state index is 11.1. The average Bonchev–Trinajstić information content (AvgIpc) is 2.63. The third-order valence-electron chi connectivity index (χ3n) is 1.53. The van der Waals surface area contributed by atoms with Gasteiger partial charge in [-0.25, -0.2) is 4.79 Å². The van der Waals surface area contributed by atoms with Crippen LogP contribution in [-0.4, -0.2) is 29.3 Å². The summed E-state index contributed by atoms with van der Waals surface area (Å²) in [5, 5.41) is 13.1. The van der Waals surface area contributed by atoms with Crippen molar-refractivity contribution in [1.82, 2.24) is 5.32 Å². The fourth-order valence-electron chi connectivity index (χ4n) is 0.904. The second-order valence-electron chi connectivity index (χ2n) is 2.69. The van der Waals surface area contributed by atoms with Gasteiger partial charge in [0, 0.05) is 16.8 Å². The van der Waals surface area contributed by atoms with E-state index in [2.05, 4.69) is 5.32 Å². The molecule has 0 saturated carbocycles. The molecule has 1 amide bonds. The molecular weight excluding hydrogens is 234 g/mol. The number of aromatic carboxylic acids is 1. The largest absolute Gasteiger partial charge is 0.477 e. The van der Waals surface area contributed by atoms with Crippen molar-refractivity contribution in [3.63, 3.8) is 0 Å². The lowest BCUT2D eigenvalue weighted by Gasteiger charge is -1.99. The second kappa shape index (κ2) is 5.77. The van der Waals surface area contributed by atoms with E-state index in [-0.39, 0.29) is 5.91 Å². The van der Waals surface area contributed by atoms with Crippen molar-refractivity contribution >= 4 is 35.0 Å². The van der Waals surface area contributed by atoms with E-state index in [9.17, 15) is 9.59 Å². The predicted molar refractivity (Wildman–Crippen MR) is 60.7 cm³/mol. The summed E-state index contributed by atoms with van der Waals surface area (Å²) >= 11 is 2.51. The molecular formula is C9H11NO3S2. The van der Waals surface area contributed by atoms with Gasteiger partial charge in [0.2, 0.25) is 5.91 Å². The van der Waals surface area contributed by atoms with Gasteiger partial charge < -0.3 is 10.4 Å². The maximum Gasteiger partial charge on any atom is 0.345 e. The smallest absolute Gasteiger partial charge is 0.345 e. The Morgan fingerprint density at radius 1 is 1.60 bits per heavy atom. The van der Waals surface area contributed by atoms with Gasteiger partial charge in [0.15, 0.2) is 0 Å². The number of rotatable bonds is 5. The number of thiophene rings is 1. The predicted octanol–water partition coefficient (Wildman–Crippen LogP) is 1.67. The van der Waals surface area contributed by atoms with Crippen LogP contribution in [0.2, 0.25) is 0 Å². The average molecular weight is 245 g/mol. The van der Waals surface area contributed by atoms with E-state index in [1.807, 2.05) is 6.92 Å². The molecule has 4 nitrogen and oxygen atoms in total. The van der Waals surface area contributed by atoms with E-state index < -0.39 is 5.97 Å². The van der Waals surface area contributed by atoms with Crippen LogP contribution < -0.4 is 5.32 Å². The number of thioether (sulfide) groups is 1. The zero-order valence-electron chi connectivity index (χ0n) is 8.15. The van der Waals surface area contributed by atoms with Crippen molar-refractivity contribution < 1.29 is 14.7 Å². The van der Waals surface area contributed by atoms with Gasteiger partial charge in [-0.05, 0) is 13.0 Å². The van der Waals surface area contributed by atoms with Crippen molar-refractivity contribution in [3.05, 3.63) is 16.3 Å².